The molecule has 84 valence electrons. The molecule has 0 amide bonds. The summed E-state index contributed by atoms with van der Waals surface area (Å²) in [6, 6.07) is 4.85. The van der Waals surface area contributed by atoms with Crippen molar-refractivity contribution in [1.29, 1.82) is 0 Å². The van der Waals surface area contributed by atoms with Crippen LogP contribution in [0.25, 0.3) is 0 Å². The van der Waals surface area contributed by atoms with Crippen LogP contribution in [0.5, 0.6) is 0 Å². The highest BCUT2D eigenvalue weighted by Crippen LogP contribution is 2.31. The van der Waals surface area contributed by atoms with Gasteiger partial charge in [0, 0.05) is 4.32 Å². The highest BCUT2D eigenvalue weighted by molar-refractivity contribution is 9.09. The lowest BCUT2D eigenvalue weighted by Crippen LogP contribution is -2.09. The molecule has 0 aliphatic carbocycles. The van der Waals surface area contributed by atoms with Gasteiger partial charge in [0.2, 0.25) is 0 Å². The average molecular weight is 293 g/mol. The molecule has 0 radical (unpaired) electrons. The van der Waals surface area contributed by atoms with Gasteiger partial charge in [-0.05, 0) is 38.0 Å². The Balaban J connectivity index is 3.34. The lowest BCUT2D eigenvalue weighted by molar-refractivity contribution is 0.482. The molecule has 0 fully saturated rings. The highest BCUT2D eigenvalue weighted by Gasteiger charge is 2.19. The van der Waals surface area contributed by atoms with Crippen molar-refractivity contribution in [2.75, 3.05) is 0 Å². The van der Waals surface area contributed by atoms with Crippen molar-refractivity contribution in [3.8, 4) is 0 Å². The van der Waals surface area contributed by atoms with Crippen molar-refractivity contribution in [3.05, 3.63) is 29.3 Å². The fraction of sp³-hybridized carbons (Fsp3) is 0.400. The lowest BCUT2D eigenvalue weighted by atomic mass is 10.0. The van der Waals surface area contributed by atoms with Gasteiger partial charge >= 0.3 is 0 Å². The smallest absolute Gasteiger partial charge is 0.282 e. The fourth-order valence-electron chi connectivity index (χ4n) is 1.31. The molecule has 5 heteroatoms. The Morgan fingerprint density at radius 2 is 1.87 bits per heavy atom. The van der Waals surface area contributed by atoms with Crippen LogP contribution in [0.4, 0.5) is 0 Å². The molecule has 15 heavy (non-hydrogen) atoms. The van der Waals surface area contributed by atoms with E-state index in [1.165, 1.54) is 6.07 Å². The van der Waals surface area contributed by atoms with Crippen molar-refractivity contribution in [1.82, 2.24) is 0 Å². The molecule has 0 bridgehead atoms. The summed E-state index contributed by atoms with van der Waals surface area (Å²) < 4.78 is 30.6. The van der Waals surface area contributed by atoms with E-state index in [1.54, 1.807) is 19.1 Å². The molecule has 0 aliphatic rings. The topological polar surface area (TPSA) is 54.4 Å². The van der Waals surface area contributed by atoms with E-state index in [9.17, 15) is 8.42 Å². The van der Waals surface area contributed by atoms with Gasteiger partial charge in [0.15, 0.2) is 0 Å². The first-order chi connectivity index (χ1) is 6.62. The minimum absolute atomic E-state index is 0.0389. The zero-order chi connectivity index (χ0) is 11.9. The van der Waals surface area contributed by atoms with E-state index in [0.29, 0.717) is 5.56 Å². The molecule has 0 saturated heterocycles. The summed E-state index contributed by atoms with van der Waals surface area (Å²) in [5.74, 6) is 0. The molecule has 0 unspecified atom stereocenters. The zero-order valence-corrected chi connectivity index (χ0v) is 11.2. The second-order valence-electron chi connectivity index (χ2n) is 3.93. The minimum atomic E-state index is -4.11. The molecule has 1 N–H and O–H groups in total. The molecule has 0 spiro atoms. The molecule has 1 rings (SSSR count). The van der Waals surface area contributed by atoms with Gasteiger partial charge in [-0.25, -0.2) is 0 Å². The quantitative estimate of drug-likeness (QED) is 0.674. The van der Waals surface area contributed by atoms with Crippen molar-refractivity contribution in [2.45, 2.75) is 30.0 Å². The zero-order valence-electron chi connectivity index (χ0n) is 8.78. The predicted octanol–water partition coefficient (Wildman–Crippen LogP) is 2.87. The van der Waals surface area contributed by atoms with E-state index >= 15 is 0 Å². The van der Waals surface area contributed by atoms with Crippen LogP contribution in [-0.2, 0) is 14.4 Å². The molecule has 0 aliphatic heterocycles. The van der Waals surface area contributed by atoms with Crippen molar-refractivity contribution < 1.29 is 13.0 Å². The summed E-state index contributed by atoms with van der Waals surface area (Å²) in [7, 11) is -4.11. The maximum atomic E-state index is 11.0. The largest absolute Gasteiger partial charge is 0.294 e. The maximum absolute atomic E-state index is 11.0. The summed E-state index contributed by atoms with van der Waals surface area (Å²) in [5, 5.41) is 0. The van der Waals surface area contributed by atoms with Crippen molar-refractivity contribution in [3.63, 3.8) is 0 Å². The minimum Gasteiger partial charge on any atom is -0.282 e. The van der Waals surface area contributed by atoms with Crippen LogP contribution >= 0.6 is 15.9 Å². The Kier molecular flexibility index (Phi) is 3.28. The van der Waals surface area contributed by atoms with Crippen LogP contribution in [0.3, 0.4) is 0 Å². The summed E-state index contributed by atoms with van der Waals surface area (Å²) >= 11 is 3.48. The van der Waals surface area contributed by atoms with Crippen LogP contribution in [0, 0.1) is 6.92 Å². The summed E-state index contributed by atoms with van der Waals surface area (Å²) in [4.78, 5) is -0.0389. The Labute approximate surface area is 98.4 Å². The van der Waals surface area contributed by atoms with Crippen LogP contribution in [0.15, 0.2) is 23.1 Å². The van der Waals surface area contributed by atoms with Gasteiger partial charge in [-0.2, -0.15) is 8.42 Å². The first-order valence-electron chi connectivity index (χ1n) is 4.40. The molecule has 0 aromatic heterocycles. The number of hydrogen-bond acceptors (Lipinski definition) is 2. The third-order valence-corrected chi connectivity index (χ3v) is 3.61. The standard InChI is InChI=1S/C10H13BrO3S/c1-7-6-8(10(2,3)11)4-5-9(7)15(12,13)14/h4-6H,1-3H3,(H,12,13,14). The number of halogens is 1. The van der Waals surface area contributed by atoms with Crippen LogP contribution in [0.1, 0.15) is 25.0 Å². The van der Waals surface area contributed by atoms with Gasteiger partial charge in [-0.3, -0.25) is 4.55 Å². The summed E-state index contributed by atoms with van der Waals surface area (Å²) in [5.41, 5.74) is 1.51. The summed E-state index contributed by atoms with van der Waals surface area (Å²) in [6.07, 6.45) is 0. The van der Waals surface area contributed by atoms with Gasteiger partial charge < -0.3 is 0 Å². The molecular weight excluding hydrogens is 280 g/mol. The Morgan fingerprint density at radius 3 is 2.20 bits per heavy atom. The van der Waals surface area contributed by atoms with Crippen molar-refractivity contribution >= 4 is 26.0 Å². The van der Waals surface area contributed by atoms with Gasteiger partial charge in [0.1, 0.15) is 0 Å². The van der Waals surface area contributed by atoms with Gasteiger partial charge in [-0.15, -0.1) is 0 Å². The SMILES string of the molecule is Cc1cc(C(C)(C)Br)ccc1S(=O)(=O)O. The third kappa shape index (κ3) is 3.03. The second-order valence-corrected chi connectivity index (χ2v) is 7.30. The highest BCUT2D eigenvalue weighted by atomic mass is 79.9. The van der Waals surface area contributed by atoms with E-state index in [4.69, 9.17) is 4.55 Å². The van der Waals surface area contributed by atoms with Crippen LogP contribution < -0.4 is 0 Å². The molecule has 3 nitrogen and oxygen atoms in total. The molecule has 0 saturated carbocycles. The van der Waals surface area contributed by atoms with Gasteiger partial charge in [-0.1, -0.05) is 28.1 Å². The monoisotopic (exact) mass is 292 g/mol. The number of hydrogen-bond donors (Lipinski definition) is 1. The van der Waals surface area contributed by atoms with Crippen LogP contribution in [0.2, 0.25) is 0 Å². The lowest BCUT2D eigenvalue weighted by Gasteiger charge is -2.18. The molecular formula is C10H13BrO3S. The Hall–Kier alpha value is -0.390. The number of alkyl halides is 1. The number of rotatable bonds is 2. The molecule has 1 aromatic rings. The van der Waals surface area contributed by atoms with E-state index in [1.807, 2.05) is 13.8 Å². The predicted molar refractivity (Wildman–Crippen MR) is 62.9 cm³/mol. The summed E-state index contributed by atoms with van der Waals surface area (Å²) in [6.45, 7) is 5.59. The van der Waals surface area contributed by atoms with Gasteiger partial charge in [0.05, 0.1) is 4.90 Å². The Morgan fingerprint density at radius 1 is 1.33 bits per heavy atom. The molecule has 0 atom stereocenters. The fourth-order valence-corrected chi connectivity index (χ4v) is 2.26. The van der Waals surface area contributed by atoms with Gasteiger partial charge in [0.25, 0.3) is 10.1 Å². The normalized spacial score (nSPS) is 12.9. The maximum Gasteiger partial charge on any atom is 0.294 e. The number of aryl methyl sites for hydroxylation is 1. The average Bonchev–Trinajstić information content (AvgIpc) is 1.99. The third-order valence-electron chi connectivity index (χ3n) is 2.14. The first-order valence-corrected chi connectivity index (χ1v) is 6.63. The second kappa shape index (κ2) is 3.88. The number of benzene rings is 1. The first kappa shape index (κ1) is 12.7. The molecule has 1 aromatic carbocycles. The molecule has 0 heterocycles. The Bertz CT molecular complexity index is 472. The van der Waals surface area contributed by atoms with E-state index < -0.39 is 10.1 Å². The van der Waals surface area contributed by atoms with Crippen molar-refractivity contribution in [2.24, 2.45) is 0 Å². The van der Waals surface area contributed by atoms with Crippen LogP contribution in [-0.4, -0.2) is 13.0 Å². The van der Waals surface area contributed by atoms with E-state index in [0.717, 1.165) is 5.56 Å². The van der Waals surface area contributed by atoms with E-state index in [-0.39, 0.29) is 9.22 Å². The van der Waals surface area contributed by atoms with E-state index in [2.05, 4.69) is 15.9 Å².